The van der Waals surface area contributed by atoms with Crippen molar-refractivity contribution in [3.63, 3.8) is 0 Å². The Kier molecular flexibility index (Phi) is 6.90. The molecule has 1 aliphatic rings. The monoisotopic (exact) mass is 497 g/mol. The standard InChI is InChI=1S/C21H25FIN3O2/c1-13-8-21(28-17-5-6-18(22)19(23)9-17)14(2)7-20(13)24-12-25-26-10-15(3)27-16(4)11-26/h5-9,12,15-16H,10-11H2,1-4H3,(H,24,25). The van der Waals surface area contributed by atoms with Crippen LogP contribution in [0.3, 0.4) is 0 Å². The van der Waals surface area contributed by atoms with Crippen LogP contribution in [-0.2, 0) is 4.74 Å². The summed E-state index contributed by atoms with van der Waals surface area (Å²) in [5.74, 6) is 1.10. The normalized spacial score (nSPS) is 20.5. The van der Waals surface area contributed by atoms with Crippen molar-refractivity contribution < 1.29 is 13.9 Å². The van der Waals surface area contributed by atoms with Crippen molar-refractivity contribution in [2.45, 2.75) is 39.9 Å². The predicted octanol–water partition coefficient (Wildman–Crippen LogP) is 5.11. The van der Waals surface area contributed by atoms with Gasteiger partial charge in [0.25, 0.3) is 0 Å². The third-order valence-electron chi connectivity index (χ3n) is 4.48. The first-order valence-corrected chi connectivity index (χ1v) is 10.3. The van der Waals surface area contributed by atoms with E-state index in [1.807, 2.05) is 48.6 Å². The van der Waals surface area contributed by atoms with Crippen LogP contribution in [0.25, 0.3) is 0 Å². The van der Waals surface area contributed by atoms with Crippen LogP contribution in [0.1, 0.15) is 25.0 Å². The van der Waals surface area contributed by atoms with Crippen LogP contribution >= 0.6 is 22.6 Å². The third kappa shape index (κ3) is 5.42. The molecular formula is C21H25FIN3O2. The molecule has 0 bridgehead atoms. The van der Waals surface area contributed by atoms with E-state index in [4.69, 9.17) is 9.47 Å². The van der Waals surface area contributed by atoms with Crippen LogP contribution in [0.5, 0.6) is 11.5 Å². The second-order valence-corrected chi connectivity index (χ2v) is 8.29. The fraction of sp³-hybridized carbons (Fsp3) is 0.381. The van der Waals surface area contributed by atoms with Crippen LogP contribution in [0.15, 0.2) is 35.3 Å². The number of nitrogens with one attached hydrogen (secondary N) is 1. The van der Waals surface area contributed by atoms with Gasteiger partial charge in [-0.3, -0.25) is 0 Å². The quantitative estimate of drug-likeness (QED) is 0.354. The molecule has 0 spiro atoms. The number of benzene rings is 2. The van der Waals surface area contributed by atoms with Gasteiger partial charge < -0.3 is 14.9 Å². The maximum atomic E-state index is 13.4. The number of morpholine rings is 1. The zero-order valence-corrected chi connectivity index (χ0v) is 18.7. The number of ether oxygens (including phenoxy) is 2. The van der Waals surface area contributed by atoms with E-state index >= 15 is 0 Å². The van der Waals surface area contributed by atoms with Crippen molar-refractivity contribution in [3.05, 3.63) is 50.8 Å². The molecule has 0 aromatic heterocycles. The summed E-state index contributed by atoms with van der Waals surface area (Å²) < 4.78 is 25.6. The molecule has 0 aliphatic carbocycles. The molecule has 5 nitrogen and oxygen atoms in total. The number of nitrogens with zero attached hydrogens (tertiary/aromatic N) is 2. The van der Waals surface area contributed by atoms with Crippen molar-refractivity contribution in [2.75, 3.05) is 13.1 Å². The molecule has 28 heavy (non-hydrogen) atoms. The molecular weight excluding hydrogens is 472 g/mol. The lowest BCUT2D eigenvalue weighted by Gasteiger charge is -2.34. The number of halogens is 2. The lowest BCUT2D eigenvalue weighted by molar-refractivity contribution is -0.0760. The van der Waals surface area contributed by atoms with Gasteiger partial charge in [0.15, 0.2) is 0 Å². The Hall–Kier alpha value is -1.71. The highest BCUT2D eigenvalue weighted by Gasteiger charge is 2.21. The maximum absolute atomic E-state index is 13.4. The van der Waals surface area contributed by atoms with Gasteiger partial charge in [0.1, 0.15) is 23.7 Å². The van der Waals surface area contributed by atoms with Crippen molar-refractivity contribution in [1.82, 2.24) is 10.4 Å². The smallest absolute Gasteiger partial charge is 0.136 e. The van der Waals surface area contributed by atoms with Gasteiger partial charge in [-0.25, -0.2) is 14.4 Å². The van der Waals surface area contributed by atoms with Gasteiger partial charge in [-0.15, -0.1) is 0 Å². The second kappa shape index (κ2) is 9.19. The Morgan fingerprint density at radius 3 is 2.57 bits per heavy atom. The van der Waals surface area contributed by atoms with Crippen molar-refractivity contribution in [1.29, 1.82) is 0 Å². The van der Waals surface area contributed by atoms with Crippen molar-refractivity contribution >= 4 is 34.6 Å². The van der Waals surface area contributed by atoms with Gasteiger partial charge in [-0.2, -0.15) is 0 Å². The Morgan fingerprint density at radius 2 is 1.89 bits per heavy atom. The summed E-state index contributed by atoms with van der Waals surface area (Å²) in [6, 6.07) is 8.67. The molecule has 2 aromatic carbocycles. The van der Waals surface area contributed by atoms with Crippen LogP contribution in [0.4, 0.5) is 10.1 Å². The summed E-state index contributed by atoms with van der Waals surface area (Å²) in [5.41, 5.74) is 6.08. The minimum Gasteiger partial charge on any atom is -0.457 e. The van der Waals surface area contributed by atoms with Gasteiger partial charge >= 0.3 is 0 Å². The highest BCUT2D eigenvalue weighted by Crippen LogP contribution is 2.32. The minimum absolute atomic E-state index is 0.194. The van der Waals surface area contributed by atoms with Gasteiger partial charge in [0.05, 0.1) is 21.5 Å². The maximum Gasteiger partial charge on any atom is 0.136 e. The van der Waals surface area contributed by atoms with Crippen LogP contribution < -0.4 is 10.2 Å². The van der Waals surface area contributed by atoms with E-state index in [2.05, 4.69) is 29.3 Å². The fourth-order valence-electron chi connectivity index (χ4n) is 3.15. The first-order chi connectivity index (χ1) is 13.3. The summed E-state index contributed by atoms with van der Waals surface area (Å²) in [7, 11) is 0. The van der Waals surface area contributed by atoms with E-state index < -0.39 is 0 Å². The molecule has 2 unspecified atom stereocenters. The van der Waals surface area contributed by atoms with Gasteiger partial charge in [0.2, 0.25) is 0 Å². The van der Waals surface area contributed by atoms with Gasteiger partial charge in [-0.1, -0.05) is 0 Å². The van der Waals surface area contributed by atoms with Crippen molar-refractivity contribution in [3.8, 4) is 11.5 Å². The Balaban J connectivity index is 1.68. The van der Waals surface area contributed by atoms with E-state index in [0.717, 1.165) is 35.7 Å². The van der Waals surface area contributed by atoms with Gasteiger partial charge in [0, 0.05) is 13.1 Å². The minimum atomic E-state index is -0.248. The van der Waals surface area contributed by atoms with Gasteiger partial charge in [-0.05, 0) is 91.7 Å². The molecule has 1 aliphatic heterocycles. The first kappa shape index (κ1) is 21.0. The van der Waals surface area contributed by atoms with E-state index in [1.165, 1.54) is 6.07 Å². The van der Waals surface area contributed by atoms with E-state index in [9.17, 15) is 4.39 Å². The van der Waals surface area contributed by atoms with E-state index in [-0.39, 0.29) is 18.0 Å². The topological polar surface area (TPSA) is 46.1 Å². The van der Waals surface area contributed by atoms with E-state index in [1.54, 1.807) is 18.5 Å². The highest BCUT2D eigenvalue weighted by molar-refractivity contribution is 14.1. The summed E-state index contributed by atoms with van der Waals surface area (Å²) in [6.07, 6.45) is 2.11. The third-order valence-corrected chi connectivity index (χ3v) is 5.30. The molecule has 150 valence electrons. The highest BCUT2D eigenvalue weighted by atomic mass is 127. The fourth-order valence-corrected chi connectivity index (χ4v) is 3.64. The molecule has 7 heteroatoms. The number of rotatable bonds is 5. The first-order valence-electron chi connectivity index (χ1n) is 9.25. The second-order valence-electron chi connectivity index (χ2n) is 7.13. The Bertz CT molecular complexity index is 865. The number of hydrogen-bond donors (Lipinski definition) is 1. The molecule has 0 saturated carbocycles. The molecule has 1 heterocycles. The molecule has 1 saturated heterocycles. The zero-order valence-electron chi connectivity index (χ0n) is 16.5. The lowest BCUT2D eigenvalue weighted by atomic mass is 10.1. The van der Waals surface area contributed by atoms with Crippen LogP contribution in [0.2, 0.25) is 0 Å². The number of hydrazine groups is 1. The van der Waals surface area contributed by atoms with Crippen molar-refractivity contribution in [2.24, 2.45) is 4.99 Å². The van der Waals surface area contributed by atoms with Crippen LogP contribution in [-0.4, -0.2) is 36.6 Å². The summed E-state index contributed by atoms with van der Waals surface area (Å²) >= 11 is 1.96. The molecule has 1 fully saturated rings. The summed E-state index contributed by atoms with van der Waals surface area (Å²) in [5, 5.41) is 2.11. The molecule has 0 amide bonds. The number of aryl methyl sites for hydroxylation is 2. The number of aliphatic imine (C=N–C) groups is 1. The average molecular weight is 497 g/mol. The lowest BCUT2D eigenvalue weighted by Crippen LogP contribution is -2.51. The summed E-state index contributed by atoms with van der Waals surface area (Å²) in [6.45, 7) is 9.73. The van der Waals surface area contributed by atoms with Crippen LogP contribution in [0, 0.1) is 23.2 Å². The molecule has 0 radical (unpaired) electrons. The Labute approximate surface area is 179 Å². The molecule has 2 atom stereocenters. The van der Waals surface area contributed by atoms with E-state index in [0.29, 0.717) is 9.32 Å². The summed E-state index contributed by atoms with van der Waals surface area (Å²) in [4.78, 5) is 4.56. The largest absolute Gasteiger partial charge is 0.457 e. The molecule has 2 aromatic rings. The zero-order chi connectivity index (χ0) is 20.3. The SMILES string of the molecule is Cc1cc(Oc2ccc(F)c(I)c2)c(C)cc1N=CNN1CC(C)OC(C)C1. The predicted molar refractivity (Wildman–Crippen MR) is 118 cm³/mol. The molecule has 1 N–H and O–H groups in total. The molecule has 3 rings (SSSR count). The average Bonchev–Trinajstić information content (AvgIpc) is 2.61. The number of hydrogen-bond acceptors (Lipinski definition) is 4. The Morgan fingerprint density at radius 1 is 1.18 bits per heavy atom.